The summed E-state index contributed by atoms with van der Waals surface area (Å²) in [6.45, 7) is 1.83. The second-order valence-corrected chi connectivity index (χ2v) is 3.13. The third-order valence-electron chi connectivity index (χ3n) is 1.95. The molecule has 1 aromatic rings. The van der Waals surface area contributed by atoms with Crippen molar-refractivity contribution in [3.8, 4) is 6.07 Å². The third-order valence-corrected chi connectivity index (χ3v) is 2.31. The van der Waals surface area contributed by atoms with Gasteiger partial charge in [0.25, 0.3) is 0 Å². The lowest BCUT2D eigenvalue weighted by Gasteiger charge is -2.06. The highest BCUT2D eigenvalue weighted by atomic mass is 35.5. The molecule has 1 rings (SSSR count). The van der Waals surface area contributed by atoms with Crippen molar-refractivity contribution in [2.24, 2.45) is 0 Å². The first-order chi connectivity index (χ1) is 6.61. The zero-order chi connectivity index (χ0) is 10.7. The van der Waals surface area contributed by atoms with Crippen molar-refractivity contribution in [1.29, 1.82) is 5.26 Å². The number of nitriles is 1. The van der Waals surface area contributed by atoms with E-state index in [1.165, 1.54) is 12.1 Å². The molecular formula is C10H8ClNO2. The van der Waals surface area contributed by atoms with Gasteiger partial charge in [0.2, 0.25) is 0 Å². The molecule has 0 fully saturated rings. The molecule has 0 unspecified atom stereocenters. The molecule has 0 heterocycles. The lowest BCUT2D eigenvalue weighted by atomic mass is 10.0. The van der Waals surface area contributed by atoms with Gasteiger partial charge in [0.15, 0.2) is 0 Å². The first-order valence-electron chi connectivity index (χ1n) is 4.06. The number of hydrogen-bond donors (Lipinski definition) is 1. The van der Waals surface area contributed by atoms with Gasteiger partial charge >= 0.3 is 5.97 Å². The van der Waals surface area contributed by atoms with Crippen LogP contribution in [0.2, 0.25) is 5.02 Å². The Balaban J connectivity index is 3.50. The van der Waals surface area contributed by atoms with E-state index in [9.17, 15) is 4.79 Å². The second-order valence-electron chi connectivity index (χ2n) is 2.72. The van der Waals surface area contributed by atoms with Crippen LogP contribution in [0.1, 0.15) is 28.4 Å². The number of carboxylic acid groups (broad SMARTS) is 1. The Morgan fingerprint density at radius 2 is 2.29 bits per heavy atom. The summed E-state index contributed by atoms with van der Waals surface area (Å²) in [6, 6.07) is 4.73. The molecular weight excluding hydrogens is 202 g/mol. The molecule has 0 saturated heterocycles. The minimum absolute atomic E-state index is 0.00810. The highest BCUT2D eigenvalue weighted by Gasteiger charge is 2.15. The molecule has 3 nitrogen and oxygen atoms in total. The fraction of sp³-hybridized carbons (Fsp3) is 0.200. The molecule has 0 aliphatic carbocycles. The Bertz CT molecular complexity index is 421. The van der Waals surface area contributed by atoms with E-state index < -0.39 is 5.97 Å². The minimum atomic E-state index is -1.10. The van der Waals surface area contributed by atoms with E-state index in [4.69, 9.17) is 22.0 Å². The molecule has 0 bridgehead atoms. The highest BCUT2D eigenvalue weighted by Crippen LogP contribution is 2.23. The number of rotatable bonds is 2. The fourth-order valence-corrected chi connectivity index (χ4v) is 1.57. The van der Waals surface area contributed by atoms with E-state index in [1.54, 1.807) is 0 Å². The molecule has 0 saturated carbocycles. The van der Waals surface area contributed by atoms with Crippen LogP contribution in [0.5, 0.6) is 0 Å². The van der Waals surface area contributed by atoms with Crippen molar-refractivity contribution in [2.75, 3.05) is 0 Å². The van der Waals surface area contributed by atoms with Crippen molar-refractivity contribution >= 4 is 17.6 Å². The number of carboxylic acids is 1. The van der Waals surface area contributed by atoms with Gasteiger partial charge in [-0.05, 0) is 24.1 Å². The van der Waals surface area contributed by atoms with Crippen LogP contribution in [-0.4, -0.2) is 11.1 Å². The number of nitrogens with zero attached hydrogens (tertiary/aromatic N) is 1. The van der Waals surface area contributed by atoms with Crippen LogP contribution in [0.4, 0.5) is 0 Å². The van der Waals surface area contributed by atoms with E-state index in [0.29, 0.717) is 17.0 Å². The molecule has 1 aromatic carbocycles. The zero-order valence-corrected chi connectivity index (χ0v) is 8.30. The maximum atomic E-state index is 10.8. The molecule has 0 atom stereocenters. The minimum Gasteiger partial charge on any atom is -0.478 e. The maximum Gasteiger partial charge on any atom is 0.337 e. The Morgan fingerprint density at radius 1 is 1.64 bits per heavy atom. The molecule has 72 valence electrons. The van der Waals surface area contributed by atoms with E-state index in [2.05, 4.69) is 0 Å². The van der Waals surface area contributed by atoms with Gasteiger partial charge in [-0.25, -0.2) is 4.79 Å². The topological polar surface area (TPSA) is 61.1 Å². The fourth-order valence-electron chi connectivity index (χ4n) is 1.27. The Labute approximate surface area is 86.5 Å². The normalized spacial score (nSPS) is 9.50. The second kappa shape index (κ2) is 4.12. The molecule has 0 aliphatic rings. The molecule has 0 spiro atoms. The first-order valence-corrected chi connectivity index (χ1v) is 4.44. The molecule has 0 radical (unpaired) electrons. The summed E-state index contributed by atoms with van der Waals surface area (Å²) in [4.78, 5) is 10.8. The van der Waals surface area contributed by atoms with Crippen molar-refractivity contribution in [3.05, 3.63) is 33.8 Å². The maximum absolute atomic E-state index is 10.8. The first kappa shape index (κ1) is 10.6. The highest BCUT2D eigenvalue weighted by molar-refractivity contribution is 6.31. The van der Waals surface area contributed by atoms with Gasteiger partial charge in [-0.1, -0.05) is 18.5 Å². The summed E-state index contributed by atoms with van der Waals surface area (Å²) in [5.41, 5.74) is 0.760. The summed E-state index contributed by atoms with van der Waals surface area (Å²) in [6.07, 6.45) is 0.544. The van der Waals surface area contributed by atoms with Gasteiger partial charge in [-0.2, -0.15) is 5.26 Å². The van der Waals surface area contributed by atoms with Gasteiger partial charge in [0.05, 0.1) is 11.1 Å². The van der Waals surface area contributed by atoms with Crippen molar-refractivity contribution in [3.63, 3.8) is 0 Å². The van der Waals surface area contributed by atoms with Crippen molar-refractivity contribution < 1.29 is 9.90 Å². The van der Waals surface area contributed by atoms with Crippen LogP contribution >= 0.6 is 11.6 Å². The van der Waals surface area contributed by atoms with Gasteiger partial charge in [0.1, 0.15) is 6.07 Å². The van der Waals surface area contributed by atoms with E-state index in [0.717, 1.165) is 0 Å². The average Bonchev–Trinajstić information content (AvgIpc) is 2.16. The van der Waals surface area contributed by atoms with E-state index in [1.807, 2.05) is 13.0 Å². The van der Waals surface area contributed by atoms with Crippen LogP contribution in [0.3, 0.4) is 0 Å². The smallest absolute Gasteiger partial charge is 0.337 e. The number of carbonyl (C=O) groups is 1. The molecule has 1 N–H and O–H groups in total. The van der Waals surface area contributed by atoms with Gasteiger partial charge in [0, 0.05) is 5.02 Å². The number of benzene rings is 1. The van der Waals surface area contributed by atoms with Crippen LogP contribution in [-0.2, 0) is 6.42 Å². The van der Waals surface area contributed by atoms with Gasteiger partial charge in [-0.15, -0.1) is 0 Å². The number of halogens is 1. The third kappa shape index (κ3) is 1.70. The van der Waals surface area contributed by atoms with Crippen molar-refractivity contribution in [1.82, 2.24) is 0 Å². The Morgan fingerprint density at radius 3 is 2.71 bits per heavy atom. The number of hydrogen-bond acceptors (Lipinski definition) is 2. The van der Waals surface area contributed by atoms with Gasteiger partial charge in [-0.3, -0.25) is 0 Å². The molecule has 0 aliphatic heterocycles. The van der Waals surface area contributed by atoms with Crippen LogP contribution in [0, 0.1) is 11.3 Å². The SMILES string of the molecule is CCc1c(Cl)ccc(C(=O)O)c1C#N. The Hall–Kier alpha value is -1.53. The summed E-state index contributed by atoms with van der Waals surface area (Å²) < 4.78 is 0. The standard InChI is InChI=1S/C10H8ClNO2/c1-2-6-8(5-12)7(10(13)14)3-4-9(6)11/h3-4H,2H2,1H3,(H,13,14). The number of aromatic carboxylic acids is 1. The van der Waals surface area contributed by atoms with Crippen LogP contribution in [0.15, 0.2) is 12.1 Å². The predicted octanol–water partition coefficient (Wildman–Crippen LogP) is 2.47. The summed E-state index contributed by atoms with van der Waals surface area (Å²) >= 11 is 5.84. The predicted molar refractivity (Wildman–Crippen MR) is 52.5 cm³/mol. The largest absolute Gasteiger partial charge is 0.478 e. The van der Waals surface area contributed by atoms with Crippen molar-refractivity contribution in [2.45, 2.75) is 13.3 Å². The summed E-state index contributed by atoms with van der Waals surface area (Å²) in [7, 11) is 0. The lowest BCUT2D eigenvalue weighted by Crippen LogP contribution is -2.03. The monoisotopic (exact) mass is 209 g/mol. The Kier molecular flexibility index (Phi) is 3.10. The average molecular weight is 210 g/mol. The lowest BCUT2D eigenvalue weighted by molar-refractivity contribution is 0.0696. The van der Waals surface area contributed by atoms with E-state index in [-0.39, 0.29) is 11.1 Å². The summed E-state index contributed by atoms with van der Waals surface area (Å²) in [5.74, 6) is -1.10. The summed E-state index contributed by atoms with van der Waals surface area (Å²) in [5, 5.41) is 18.1. The van der Waals surface area contributed by atoms with Crippen LogP contribution < -0.4 is 0 Å². The van der Waals surface area contributed by atoms with Gasteiger partial charge < -0.3 is 5.11 Å². The van der Waals surface area contributed by atoms with Crippen LogP contribution in [0.25, 0.3) is 0 Å². The quantitative estimate of drug-likeness (QED) is 0.814. The molecule has 14 heavy (non-hydrogen) atoms. The van der Waals surface area contributed by atoms with E-state index >= 15 is 0 Å². The molecule has 0 aromatic heterocycles. The zero-order valence-electron chi connectivity index (χ0n) is 7.54. The molecule has 4 heteroatoms. The molecule has 0 amide bonds.